The molecular formula is C17H26FNO. The molecule has 1 aromatic rings. The minimum absolute atomic E-state index is 0.265. The second-order valence-electron chi connectivity index (χ2n) is 5.96. The predicted molar refractivity (Wildman–Crippen MR) is 80.5 cm³/mol. The lowest BCUT2D eigenvalue weighted by atomic mass is 9.70. The molecule has 1 aromatic carbocycles. The highest BCUT2D eigenvalue weighted by Crippen LogP contribution is 2.42. The van der Waals surface area contributed by atoms with Gasteiger partial charge in [-0.05, 0) is 54.8 Å². The normalized spacial score (nSPS) is 26.5. The van der Waals surface area contributed by atoms with E-state index < -0.39 is 0 Å². The summed E-state index contributed by atoms with van der Waals surface area (Å²) in [6, 6.07) is 5.38. The third-order valence-corrected chi connectivity index (χ3v) is 4.71. The molecule has 0 heterocycles. The lowest BCUT2D eigenvalue weighted by Gasteiger charge is -2.36. The minimum atomic E-state index is -0.265. The van der Waals surface area contributed by atoms with Crippen molar-refractivity contribution in [1.82, 2.24) is 0 Å². The lowest BCUT2D eigenvalue weighted by Crippen LogP contribution is -2.29. The van der Waals surface area contributed by atoms with Crippen molar-refractivity contribution in [2.24, 2.45) is 17.6 Å². The van der Waals surface area contributed by atoms with Gasteiger partial charge in [-0.15, -0.1) is 0 Å². The highest BCUT2D eigenvalue weighted by Gasteiger charge is 2.30. The van der Waals surface area contributed by atoms with Crippen LogP contribution in [0.2, 0.25) is 0 Å². The molecule has 2 N–H and O–H groups in total. The molecule has 0 aromatic heterocycles. The van der Waals surface area contributed by atoms with Crippen LogP contribution in [0.25, 0.3) is 0 Å². The van der Waals surface area contributed by atoms with Gasteiger partial charge in [0.05, 0.1) is 7.11 Å². The maximum Gasteiger partial charge on any atom is 0.165 e. The van der Waals surface area contributed by atoms with Gasteiger partial charge in [0.1, 0.15) is 0 Å². The summed E-state index contributed by atoms with van der Waals surface area (Å²) in [6.45, 7) is 2.92. The fourth-order valence-corrected chi connectivity index (χ4v) is 3.59. The Kier molecular flexibility index (Phi) is 5.41. The smallest absolute Gasteiger partial charge is 0.165 e. The van der Waals surface area contributed by atoms with E-state index in [1.807, 2.05) is 6.07 Å². The average Bonchev–Trinajstić information content (AvgIpc) is 2.47. The Morgan fingerprint density at radius 2 is 2.15 bits per heavy atom. The Hall–Kier alpha value is -1.09. The first kappa shape index (κ1) is 15.3. The molecule has 3 unspecified atom stereocenters. The molecule has 3 atom stereocenters. The second-order valence-corrected chi connectivity index (χ2v) is 5.96. The van der Waals surface area contributed by atoms with Crippen LogP contribution in [0.15, 0.2) is 18.2 Å². The van der Waals surface area contributed by atoms with E-state index in [2.05, 4.69) is 6.92 Å². The van der Waals surface area contributed by atoms with Crippen molar-refractivity contribution in [1.29, 1.82) is 0 Å². The zero-order chi connectivity index (χ0) is 14.5. The minimum Gasteiger partial charge on any atom is -0.494 e. The molecule has 0 bridgehead atoms. The van der Waals surface area contributed by atoms with Crippen molar-refractivity contribution in [3.63, 3.8) is 0 Å². The van der Waals surface area contributed by atoms with Crippen LogP contribution in [0.1, 0.15) is 50.5 Å². The summed E-state index contributed by atoms with van der Waals surface area (Å²) in [5, 5.41) is 0. The first-order valence-electron chi connectivity index (χ1n) is 7.73. The number of halogens is 1. The monoisotopic (exact) mass is 279 g/mol. The highest BCUT2D eigenvalue weighted by molar-refractivity contribution is 5.32. The summed E-state index contributed by atoms with van der Waals surface area (Å²) in [6.07, 6.45) is 6.07. The fraction of sp³-hybridized carbons (Fsp3) is 0.647. The van der Waals surface area contributed by atoms with Gasteiger partial charge in [0, 0.05) is 0 Å². The van der Waals surface area contributed by atoms with Gasteiger partial charge in [-0.1, -0.05) is 32.3 Å². The van der Waals surface area contributed by atoms with Crippen LogP contribution in [-0.4, -0.2) is 13.7 Å². The number of hydrogen-bond acceptors (Lipinski definition) is 2. The summed E-state index contributed by atoms with van der Waals surface area (Å²) < 4.78 is 18.9. The van der Waals surface area contributed by atoms with Gasteiger partial charge < -0.3 is 10.5 Å². The van der Waals surface area contributed by atoms with Crippen LogP contribution in [0.5, 0.6) is 5.75 Å². The van der Waals surface area contributed by atoms with Crippen LogP contribution >= 0.6 is 0 Å². The SMILES string of the molecule is CCCC1CCC(CN)C(c2ccc(OC)c(F)c2)C1. The summed E-state index contributed by atoms with van der Waals surface area (Å²) in [5.74, 6) is 1.69. The molecule has 3 heteroatoms. The van der Waals surface area contributed by atoms with Gasteiger partial charge in [0.15, 0.2) is 11.6 Å². The summed E-state index contributed by atoms with van der Waals surface area (Å²) in [4.78, 5) is 0. The van der Waals surface area contributed by atoms with Crippen LogP contribution in [-0.2, 0) is 0 Å². The maximum atomic E-state index is 13.9. The Morgan fingerprint density at radius 1 is 1.35 bits per heavy atom. The third-order valence-electron chi connectivity index (χ3n) is 4.71. The molecule has 0 aliphatic heterocycles. The van der Waals surface area contributed by atoms with E-state index in [4.69, 9.17) is 10.5 Å². The Labute approximate surface area is 121 Å². The summed E-state index contributed by atoms with van der Waals surface area (Å²) in [7, 11) is 1.50. The molecular weight excluding hydrogens is 253 g/mol. The van der Waals surface area contributed by atoms with Crippen LogP contribution < -0.4 is 10.5 Å². The molecule has 1 saturated carbocycles. The van der Waals surface area contributed by atoms with Gasteiger partial charge in [-0.2, -0.15) is 0 Å². The molecule has 1 aliphatic rings. The number of methoxy groups -OCH3 is 1. The van der Waals surface area contributed by atoms with Crippen molar-refractivity contribution in [2.45, 2.75) is 44.9 Å². The molecule has 2 rings (SSSR count). The number of hydrogen-bond donors (Lipinski definition) is 1. The number of ether oxygens (including phenoxy) is 1. The number of rotatable bonds is 5. The van der Waals surface area contributed by atoms with E-state index in [-0.39, 0.29) is 5.82 Å². The van der Waals surface area contributed by atoms with Gasteiger partial charge in [-0.25, -0.2) is 4.39 Å². The molecule has 1 aliphatic carbocycles. The topological polar surface area (TPSA) is 35.2 Å². The molecule has 0 radical (unpaired) electrons. The van der Waals surface area contributed by atoms with E-state index in [1.165, 1.54) is 32.8 Å². The molecule has 2 nitrogen and oxygen atoms in total. The molecule has 0 spiro atoms. The molecule has 0 saturated heterocycles. The van der Waals surface area contributed by atoms with Crippen molar-refractivity contribution >= 4 is 0 Å². The highest BCUT2D eigenvalue weighted by atomic mass is 19.1. The predicted octanol–water partition coefficient (Wildman–Crippen LogP) is 4.09. The molecule has 1 fully saturated rings. The van der Waals surface area contributed by atoms with Crippen LogP contribution in [0.4, 0.5) is 4.39 Å². The quantitative estimate of drug-likeness (QED) is 0.881. The van der Waals surface area contributed by atoms with Crippen molar-refractivity contribution in [3.8, 4) is 5.75 Å². The van der Waals surface area contributed by atoms with E-state index in [9.17, 15) is 4.39 Å². The van der Waals surface area contributed by atoms with Crippen LogP contribution in [0, 0.1) is 17.7 Å². The van der Waals surface area contributed by atoms with Gasteiger partial charge in [-0.3, -0.25) is 0 Å². The third kappa shape index (κ3) is 3.32. The fourth-order valence-electron chi connectivity index (χ4n) is 3.59. The molecule has 112 valence electrons. The van der Waals surface area contributed by atoms with E-state index in [0.717, 1.165) is 17.9 Å². The Balaban J connectivity index is 2.19. The zero-order valence-electron chi connectivity index (χ0n) is 12.6. The van der Waals surface area contributed by atoms with Crippen LogP contribution in [0.3, 0.4) is 0 Å². The Bertz CT molecular complexity index is 435. The summed E-state index contributed by atoms with van der Waals surface area (Å²) in [5.41, 5.74) is 7.01. The second kappa shape index (κ2) is 7.07. The lowest BCUT2D eigenvalue weighted by molar-refractivity contribution is 0.229. The average molecular weight is 279 g/mol. The number of nitrogens with two attached hydrogens (primary N) is 1. The van der Waals surface area contributed by atoms with E-state index in [0.29, 0.717) is 24.1 Å². The zero-order valence-corrected chi connectivity index (χ0v) is 12.6. The Morgan fingerprint density at radius 3 is 2.75 bits per heavy atom. The molecule has 20 heavy (non-hydrogen) atoms. The van der Waals surface area contributed by atoms with E-state index >= 15 is 0 Å². The summed E-state index contributed by atoms with van der Waals surface area (Å²) >= 11 is 0. The van der Waals surface area contributed by atoms with Crippen molar-refractivity contribution < 1.29 is 9.13 Å². The van der Waals surface area contributed by atoms with Gasteiger partial charge in [0.2, 0.25) is 0 Å². The van der Waals surface area contributed by atoms with Gasteiger partial charge in [0.25, 0.3) is 0 Å². The largest absolute Gasteiger partial charge is 0.494 e. The number of benzene rings is 1. The van der Waals surface area contributed by atoms with Gasteiger partial charge >= 0.3 is 0 Å². The first-order valence-corrected chi connectivity index (χ1v) is 7.73. The van der Waals surface area contributed by atoms with E-state index in [1.54, 1.807) is 12.1 Å². The van der Waals surface area contributed by atoms with Crippen molar-refractivity contribution in [3.05, 3.63) is 29.6 Å². The molecule has 0 amide bonds. The standard InChI is InChI=1S/C17H26FNO/c1-3-4-12-5-6-14(11-19)15(9-12)13-7-8-17(20-2)16(18)10-13/h7-8,10,12,14-15H,3-6,9,11,19H2,1-2H3. The maximum absolute atomic E-state index is 13.9. The van der Waals surface area contributed by atoms with Crippen molar-refractivity contribution in [2.75, 3.05) is 13.7 Å². The first-order chi connectivity index (χ1) is 9.69.